The van der Waals surface area contributed by atoms with Crippen molar-refractivity contribution in [2.24, 2.45) is 5.92 Å². The first kappa shape index (κ1) is 11.7. The Hall–Kier alpha value is -0.760. The standard InChI is InChI=1S/C14H18BrN/c1-4-11(9(2)3)13-8-16-14-6-5-10(15)7-12(13)14/h5-9,11,16H,4H2,1-3H3. The zero-order valence-electron chi connectivity index (χ0n) is 10.0. The molecule has 0 fully saturated rings. The smallest absolute Gasteiger partial charge is 0.0457 e. The number of fused-ring (bicyclic) bond motifs is 1. The monoisotopic (exact) mass is 279 g/mol. The highest BCUT2D eigenvalue weighted by Gasteiger charge is 2.17. The largest absolute Gasteiger partial charge is 0.361 e. The molecule has 0 radical (unpaired) electrons. The lowest BCUT2D eigenvalue weighted by atomic mass is 9.86. The van der Waals surface area contributed by atoms with Crippen molar-refractivity contribution in [2.75, 3.05) is 0 Å². The molecule has 0 spiro atoms. The molecular formula is C14H18BrN. The summed E-state index contributed by atoms with van der Waals surface area (Å²) in [5.74, 6) is 1.33. The van der Waals surface area contributed by atoms with Crippen molar-refractivity contribution in [1.82, 2.24) is 4.98 Å². The van der Waals surface area contributed by atoms with Crippen LogP contribution < -0.4 is 0 Å². The van der Waals surface area contributed by atoms with Crippen LogP contribution in [0.4, 0.5) is 0 Å². The Labute approximate surface area is 105 Å². The molecule has 2 rings (SSSR count). The van der Waals surface area contributed by atoms with Crippen LogP contribution in [0.1, 0.15) is 38.7 Å². The molecule has 1 unspecified atom stereocenters. The molecule has 0 aliphatic rings. The molecule has 1 aromatic carbocycles. The minimum absolute atomic E-state index is 0.642. The van der Waals surface area contributed by atoms with Gasteiger partial charge in [0.1, 0.15) is 0 Å². The molecule has 86 valence electrons. The van der Waals surface area contributed by atoms with Crippen LogP contribution in [-0.2, 0) is 0 Å². The molecule has 2 heteroatoms. The van der Waals surface area contributed by atoms with Crippen molar-refractivity contribution in [3.05, 3.63) is 34.4 Å². The van der Waals surface area contributed by atoms with Crippen LogP contribution >= 0.6 is 15.9 Å². The Morgan fingerprint density at radius 3 is 2.69 bits per heavy atom. The lowest BCUT2D eigenvalue weighted by molar-refractivity contribution is 0.488. The summed E-state index contributed by atoms with van der Waals surface area (Å²) in [6, 6.07) is 6.43. The molecule has 1 aromatic heterocycles. The van der Waals surface area contributed by atoms with Crippen molar-refractivity contribution in [3.8, 4) is 0 Å². The van der Waals surface area contributed by atoms with Gasteiger partial charge in [0.15, 0.2) is 0 Å². The molecule has 2 aromatic rings. The predicted molar refractivity (Wildman–Crippen MR) is 73.9 cm³/mol. The second-order valence-electron chi connectivity index (χ2n) is 4.69. The quantitative estimate of drug-likeness (QED) is 0.807. The number of hydrogen-bond acceptors (Lipinski definition) is 0. The first-order valence-electron chi connectivity index (χ1n) is 5.90. The van der Waals surface area contributed by atoms with E-state index in [0.29, 0.717) is 11.8 Å². The molecule has 0 aliphatic carbocycles. The van der Waals surface area contributed by atoms with Gasteiger partial charge in [-0.25, -0.2) is 0 Å². The summed E-state index contributed by atoms with van der Waals surface area (Å²) in [4.78, 5) is 3.36. The Balaban J connectivity index is 2.55. The summed E-state index contributed by atoms with van der Waals surface area (Å²) in [6.45, 7) is 6.86. The van der Waals surface area contributed by atoms with Gasteiger partial charge < -0.3 is 4.98 Å². The van der Waals surface area contributed by atoms with Crippen LogP contribution in [0.2, 0.25) is 0 Å². The van der Waals surface area contributed by atoms with Crippen molar-refractivity contribution < 1.29 is 0 Å². The van der Waals surface area contributed by atoms with Gasteiger partial charge in [0, 0.05) is 21.6 Å². The van der Waals surface area contributed by atoms with E-state index in [1.807, 2.05) is 0 Å². The summed E-state index contributed by atoms with van der Waals surface area (Å²) < 4.78 is 1.15. The van der Waals surface area contributed by atoms with Crippen molar-refractivity contribution in [1.29, 1.82) is 0 Å². The van der Waals surface area contributed by atoms with Crippen molar-refractivity contribution in [2.45, 2.75) is 33.1 Å². The van der Waals surface area contributed by atoms with E-state index in [2.05, 4.69) is 66.1 Å². The molecule has 0 saturated heterocycles. The van der Waals surface area contributed by atoms with Crippen molar-refractivity contribution in [3.63, 3.8) is 0 Å². The van der Waals surface area contributed by atoms with Gasteiger partial charge in [0.05, 0.1) is 0 Å². The average molecular weight is 280 g/mol. The number of rotatable bonds is 3. The fourth-order valence-corrected chi connectivity index (χ4v) is 2.83. The summed E-state index contributed by atoms with van der Waals surface area (Å²) in [6.07, 6.45) is 3.36. The molecule has 0 aliphatic heterocycles. The topological polar surface area (TPSA) is 15.8 Å². The van der Waals surface area contributed by atoms with E-state index < -0.39 is 0 Å². The minimum Gasteiger partial charge on any atom is -0.361 e. The Morgan fingerprint density at radius 2 is 2.06 bits per heavy atom. The predicted octanol–water partition coefficient (Wildman–Crippen LogP) is 5.08. The number of halogens is 1. The first-order valence-corrected chi connectivity index (χ1v) is 6.69. The van der Waals surface area contributed by atoms with Gasteiger partial charge in [-0.05, 0) is 42.0 Å². The maximum absolute atomic E-state index is 3.55. The first-order chi connectivity index (χ1) is 7.63. The van der Waals surface area contributed by atoms with Gasteiger partial charge in [-0.1, -0.05) is 36.7 Å². The number of nitrogens with one attached hydrogen (secondary N) is 1. The highest BCUT2D eigenvalue weighted by Crippen LogP contribution is 2.34. The van der Waals surface area contributed by atoms with Crippen molar-refractivity contribution >= 4 is 26.8 Å². The number of hydrogen-bond donors (Lipinski definition) is 1. The van der Waals surface area contributed by atoms with Gasteiger partial charge in [-0.3, -0.25) is 0 Å². The molecule has 1 atom stereocenters. The van der Waals surface area contributed by atoms with E-state index in [4.69, 9.17) is 0 Å². The Kier molecular flexibility index (Phi) is 3.38. The zero-order chi connectivity index (χ0) is 11.7. The molecule has 0 bridgehead atoms. The molecule has 16 heavy (non-hydrogen) atoms. The minimum atomic E-state index is 0.642. The van der Waals surface area contributed by atoms with E-state index in [-0.39, 0.29) is 0 Å². The van der Waals surface area contributed by atoms with Gasteiger partial charge in [0.2, 0.25) is 0 Å². The molecular weight excluding hydrogens is 262 g/mol. The Bertz CT molecular complexity index is 484. The summed E-state index contributed by atoms with van der Waals surface area (Å²) in [7, 11) is 0. The molecule has 1 nitrogen and oxygen atoms in total. The van der Waals surface area contributed by atoms with E-state index in [9.17, 15) is 0 Å². The average Bonchev–Trinajstić information content (AvgIpc) is 2.62. The lowest BCUT2D eigenvalue weighted by Crippen LogP contribution is -2.04. The van der Waals surface area contributed by atoms with Crippen LogP contribution in [0, 0.1) is 5.92 Å². The van der Waals surface area contributed by atoms with Crippen LogP contribution in [0.25, 0.3) is 10.9 Å². The fourth-order valence-electron chi connectivity index (χ4n) is 2.47. The second kappa shape index (κ2) is 4.62. The highest BCUT2D eigenvalue weighted by atomic mass is 79.9. The van der Waals surface area contributed by atoms with E-state index in [1.54, 1.807) is 0 Å². The van der Waals surface area contributed by atoms with E-state index in [0.717, 1.165) is 4.47 Å². The maximum atomic E-state index is 3.55. The number of aromatic nitrogens is 1. The molecule has 1 heterocycles. The lowest BCUT2D eigenvalue weighted by Gasteiger charge is -2.18. The molecule has 0 amide bonds. The summed E-state index contributed by atoms with van der Waals surface area (Å²) >= 11 is 3.55. The molecule has 1 N–H and O–H groups in total. The third-order valence-electron chi connectivity index (χ3n) is 3.32. The third kappa shape index (κ3) is 2.03. The van der Waals surface area contributed by atoms with Gasteiger partial charge >= 0.3 is 0 Å². The number of H-pyrrole nitrogens is 1. The summed E-state index contributed by atoms with van der Waals surface area (Å²) in [5, 5.41) is 1.36. The molecule has 0 saturated carbocycles. The van der Waals surface area contributed by atoms with Gasteiger partial charge in [-0.15, -0.1) is 0 Å². The maximum Gasteiger partial charge on any atom is 0.0457 e. The normalized spacial score (nSPS) is 13.6. The van der Waals surface area contributed by atoms with Crippen LogP contribution in [0.15, 0.2) is 28.9 Å². The number of benzene rings is 1. The van der Waals surface area contributed by atoms with Crippen LogP contribution in [-0.4, -0.2) is 4.98 Å². The zero-order valence-corrected chi connectivity index (χ0v) is 11.6. The Morgan fingerprint density at radius 1 is 1.31 bits per heavy atom. The van der Waals surface area contributed by atoms with E-state index >= 15 is 0 Å². The van der Waals surface area contributed by atoms with E-state index in [1.165, 1.54) is 22.9 Å². The SMILES string of the molecule is CCC(c1c[nH]c2ccc(Br)cc12)C(C)C. The highest BCUT2D eigenvalue weighted by molar-refractivity contribution is 9.10. The third-order valence-corrected chi connectivity index (χ3v) is 3.81. The van der Waals surface area contributed by atoms with Crippen LogP contribution in [0.3, 0.4) is 0 Å². The van der Waals surface area contributed by atoms with Crippen LogP contribution in [0.5, 0.6) is 0 Å². The summed E-state index contributed by atoms with van der Waals surface area (Å²) in [5.41, 5.74) is 2.69. The fraction of sp³-hybridized carbons (Fsp3) is 0.429. The van der Waals surface area contributed by atoms with Gasteiger partial charge in [0.25, 0.3) is 0 Å². The van der Waals surface area contributed by atoms with Gasteiger partial charge in [-0.2, -0.15) is 0 Å². The second-order valence-corrected chi connectivity index (χ2v) is 5.61. The number of aromatic amines is 1.